The van der Waals surface area contributed by atoms with Gasteiger partial charge in [-0.05, 0) is 36.8 Å². The van der Waals surface area contributed by atoms with Crippen molar-refractivity contribution in [2.45, 2.75) is 12.5 Å². The molecule has 0 bridgehead atoms. The van der Waals surface area contributed by atoms with Gasteiger partial charge >= 0.3 is 0 Å². The number of pyridine rings is 1. The number of rotatable bonds is 6. The van der Waals surface area contributed by atoms with E-state index in [9.17, 15) is 4.39 Å². The lowest BCUT2D eigenvalue weighted by Gasteiger charge is -2.20. The van der Waals surface area contributed by atoms with Crippen LogP contribution in [0, 0.1) is 5.82 Å². The number of benzene rings is 1. The molecule has 28 heavy (non-hydrogen) atoms. The van der Waals surface area contributed by atoms with Crippen molar-refractivity contribution in [2.75, 3.05) is 38.2 Å². The van der Waals surface area contributed by atoms with E-state index in [4.69, 9.17) is 4.74 Å². The molecule has 3 rings (SSSR count). The van der Waals surface area contributed by atoms with Gasteiger partial charge in [-0.25, -0.2) is 9.37 Å². The van der Waals surface area contributed by atoms with Gasteiger partial charge in [-0.15, -0.1) is 24.0 Å². The number of aliphatic imine (C=N–C) groups is 1. The predicted molar refractivity (Wildman–Crippen MR) is 124 cm³/mol. The number of anilines is 1. The van der Waals surface area contributed by atoms with Crippen molar-refractivity contribution in [3.8, 4) is 5.75 Å². The molecule has 0 spiro atoms. The summed E-state index contributed by atoms with van der Waals surface area (Å²) in [6.45, 7) is 2.59. The summed E-state index contributed by atoms with van der Waals surface area (Å²) in [7, 11) is 1.73. The summed E-state index contributed by atoms with van der Waals surface area (Å²) in [6, 6.07) is 11.0. The zero-order chi connectivity index (χ0) is 19.1. The third-order valence-corrected chi connectivity index (χ3v) is 4.74. The molecular formula is C19H24BrFIN5O. The van der Waals surface area contributed by atoms with E-state index in [0.717, 1.165) is 23.2 Å². The third kappa shape index (κ3) is 6.47. The highest BCUT2D eigenvalue weighted by atomic mass is 127. The predicted octanol–water partition coefficient (Wildman–Crippen LogP) is 3.42. The first kappa shape index (κ1) is 22.7. The molecule has 1 aliphatic heterocycles. The first-order valence-electron chi connectivity index (χ1n) is 8.86. The molecule has 152 valence electrons. The Kier molecular flexibility index (Phi) is 9.23. The van der Waals surface area contributed by atoms with Gasteiger partial charge in [-0.3, -0.25) is 4.99 Å². The van der Waals surface area contributed by atoms with Gasteiger partial charge in [0.15, 0.2) is 17.6 Å². The number of aromatic nitrogens is 1. The number of nitrogens with one attached hydrogen (secondary N) is 2. The highest BCUT2D eigenvalue weighted by Crippen LogP contribution is 2.20. The summed E-state index contributed by atoms with van der Waals surface area (Å²) in [5.74, 6) is 1.65. The van der Waals surface area contributed by atoms with Crippen molar-refractivity contribution in [1.29, 1.82) is 0 Å². The minimum Gasteiger partial charge on any atom is -0.492 e. The van der Waals surface area contributed by atoms with E-state index in [1.165, 1.54) is 6.07 Å². The van der Waals surface area contributed by atoms with E-state index >= 15 is 0 Å². The van der Waals surface area contributed by atoms with Crippen molar-refractivity contribution in [3.05, 3.63) is 52.9 Å². The lowest BCUT2D eigenvalue weighted by atomic mass is 10.3. The van der Waals surface area contributed by atoms with Gasteiger partial charge in [0.05, 0.1) is 6.54 Å². The summed E-state index contributed by atoms with van der Waals surface area (Å²) in [4.78, 5) is 10.4. The van der Waals surface area contributed by atoms with Gasteiger partial charge in [0, 0.05) is 36.8 Å². The van der Waals surface area contributed by atoms with E-state index < -0.39 is 0 Å². The van der Waals surface area contributed by atoms with Crippen LogP contribution in [0.2, 0.25) is 0 Å². The maximum absolute atomic E-state index is 13.9. The summed E-state index contributed by atoms with van der Waals surface area (Å²) in [5.41, 5.74) is 0. The van der Waals surface area contributed by atoms with Gasteiger partial charge in [-0.2, -0.15) is 0 Å². The molecule has 6 nitrogen and oxygen atoms in total. The molecule has 2 aromatic rings. The van der Waals surface area contributed by atoms with Crippen LogP contribution in [-0.2, 0) is 0 Å². The van der Waals surface area contributed by atoms with Crippen LogP contribution in [0.4, 0.5) is 10.2 Å². The van der Waals surface area contributed by atoms with E-state index in [1.807, 2.05) is 29.2 Å². The molecule has 0 radical (unpaired) electrons. The molecule has 9 heteroatoms. The SMILES string of the molecule is CN=C(NCCOc1cccc(Br)c1)NC1CCN(c2ncccc2F)C1.I. The van der Waals surface area contributed by atoms with Crippen LogP contribution in [-0.4, -0.2) is 50.3 Å². The third-order valence-electron chi connectivity index (χ3n) is 4.25. The molecule has 1 saturated heterocycles. The fraction of sp³-hybridized carbons (Fsp3) is 0.368. The Morgan fingerprint density at radius 1 is 1.39 bits per heavy atom. The second kappa shape index (κ2) is 11.4. The lowest BCUT2D eigenvalue weighted by molar-refractivity contribution is 0.321. The summed E-state index contributed by atoms with van der Waals surface area (Å²) >= 11 is 3.42. The molecule has 1 aromatic carbocycles. The van der Waals surface area contributed by atoms with Crippen LogP contribution < -0.4 is 20.3 Å². The minimum absolute atomic E-state index is 0. The van der Waals surface area contributed by atoms with E-state index in [-0.39, 0.29) is 35.8 Å². The molecular weight excluding hydrogens is 540 g/mol. The highest BCUT2D eigenvalue weighted by Gasteiger charge is 2.25. The average molecular weight is 564 g/mol. The van der Waals surface area contributed by atoms with Crippen molar-refractivity contribution in [2.24, 2.45) is 4.99 Å². The Morgan fingerprint density at radius 2 is 2.25 bits per heavy atom. The smallest absolute Gasteiger partial charge is 0.191 e. The summed E-state index contributed by atoms with van der Waals surface area (Å²) < 4.78 is 20.6. The Labute approximate surface area is 190 Å². The van der Waals surface area contributed by atoms with E-state index in [0.29, 0.717) is 31.5 Å². The van der Waals surface area contributed by atoms with Crippen LogP contribution in [0.1, 0.15) is 6.42 Å². The zero-order valence-electron chi connectivity index (χ0n) is 15.6. The maximum atomic E-state index is 13.9. The van der Waals surface area contributed by atoms with Crippen molar-refractivity contribution in [3.63, 3.8) is 0 Å². The molecule has 1 atom stereocenters. The molecule has 0 saturated carbocycles. The zero-order valence-corrected chi connectivity index (χ0v) is 19.5. The quantitative estimate of drug-likeness (QED) is 0.244. The molecule has 0 amide bonds. The molecule has 2 heterocycles. The summed E-state index contributed by atoms with van der Waals surface area (Å²) in [6.07, 6.45) is 2.51. The minimum atomic E-state index is -0.287. The van der Waals surface area contributed by atoms with Crippen LogP contribution in [0.3, 0.4) is 0 Å². The number of hydrogen-bond donors (Lipinski definition) is 2. The maximum Gasteiger partial charge on any atom is 0.191 e. The number of guanidine groups is 1. The molecule has 2 N–H and O–H groups in total. The van der Waals surface area contributed by atoms with Gasteiger partial charge in [0.25, 0.3) is 0 Å². The first-order valence-corrected chi connectivity index (χ1v) is 9.66. The van der Waals surface area contributed by atoms with Gasteiger partial charge in [0.2, 0.25) is 0 Å². The van der Waals surface area contributed by atoms with Gasteiger partial charge in [0.1, 0.15) is 12.4 Å². The Morgan fingerprint density at radius 3 is 3.00 bits per heavy atom. The van der Waals surface area contributed by atoms with Crippen molar-refractivity contribution >= 4 is 51.7 Å². The largest absolute Gasteiger partial charge is 0.492 e. The van der Waals surface area contributed by atoms with Gasteiger partial charge < -0.3 is 20.3 Å². The number of halogens is 3. The van der Waals surface area contributed by atoms with Crippen molar-refractivity contribution < 1.29 is 9.13 Å². The fourth-order valence-corrected chi connectivity index (χ4v) is 3.34. The monoisotopic (exact) mass is 563 g/mol. The molecule has 0 aliphatic carbocycles. The second-order valence-electron chi connectivity index (χ2n) is 6.19. The van der Waals surface area contributed by atoms with Crippen LogP contribution >= 0.6 is 39.9 Å². The molecule has 1 aromatic heterocycles. The summed E-state index contributed by atoms with van der Waals surface area (Å²) in [5, 5.41) is 6.62. The van der Waals surface area contributed by atoms with Gasteiger partial charge in [-0.1, -0.05) is 22.0 Å². The topological polar surface area (TPSA) is 61.8 Å². The van der Waals surface area contributed by atoms with E-state index in [1.54, 1.807) is 19.3 Å². The Bertz CT molecular complexity index is 794. The number of ether oxygens (including phenoxy) is 1. The fourth-order valence-electron chi connectivity index (χ4n) is 2.96. The van der Waals surface area contributed by atoms with Crippen LogP contribution in [0.5, 0.6) is 5.75 Å². The Hall–Kier alpha value is -1.62. The van der Waals surface area contributed by atoms with Crippen LogP contribution in [0.15, 0.2) is 52.1 Å². The second-order valence-corrected chi connectivity index (χ2v) is 7.11. The van der Waals surface area contributed by atoms with Crippen molar-refractivity contribution in [1.82, 2.24) is 15.6 Å². The molecule has 1 aliphatic rings. The highest BCUT2D eigenvalue weighted by molar-refractivity contribution is 14.0. The Balaban J connectivity index is 0.00000280. The van der Waals surface area contributed by atoms with E-state index in [2.05, 4.69) is 36.5 Å². The average Bonchev–Trinajstić information content (AvgIpc) is 3.13. The number of nitrogens with zero attached hydrogens (tertiary/aromatic N) is 3. The first-order chi connectivity index (χ1) is 13.2. The molecule has 1 fully saturated rings. The normalized spacial score (nSPS) is 16.5. The van der Waals surface area contributed by atoms with Crippen LogP contribution in [0.25, 0.3) is 0 Å². The standard InChI is InChI=1S/C19H23BrFN5O.HI/c1-22-19(24-9-11-27-16-5-2-4-14(20)12-16)25-15-7-10-26(13-15)18-17(21)6-3-8-23-18;/h2-6,8,12,15H,7,9-11,13H2,1H3,(H2,22,24,25);1H. The number of hydrogen-bond acceptors (Lipinski definition) is 4. The molecule has 1 unspecified atom stereocenters. The lowest BCUT2D eigenvalue weighted by Crippen LogP contribution is -2.45.